The Labute approximate surface area is 117 Å². The van der Waals surface area contributed by atoms with Crippen LogP contribution in [0.15, 0.2) is 40.8 Å². The van der Waals surface area contributed by atoms with E-state index in [1.54, 1.807) is 0 Å². The van der Waals surface area contributed by atoms with E-state index in [4.69, 9.17) is 4.42 Å². The summed E-state index contributed by atoms with van der Waals surface area (Å²) in [6.45, 7) is 0. The summed E-state index contributed by atoms with van der Waals surface area (Å²) < 4.78 is 47.9. The van der Waals surface area contributed by atoms with Gasteiger partial charge in [-0.2, -0.15) is 13.2 Å². The average molecular weight is 298 g/mol. The van der Waals surface area contributed by atoms with Gasteiger partial charge in [0.2, 0.25) is 11.5 Å². The number of alkyl halides is 3. The number of hydrogen-bond donors (Lipinski definition) is 0. The molecular formula is C14H9F3O4. The minimum atomic E-state index is -4.66. The van der Waals surface area contributed by atoms with Gasteiger partial charge in [0.1, 0.15) is 0 Å². The number of hydrogen-bond acceptors (Lipinski definition) is 4. The molecule has 1 heterocycles. The van der Waals surface area contributed by atoms with E-state index in [9.17, 15) is 22.8 Å². The highest BCUT2D eigenvalue weighted by atomic mass is 19.4. The van der Waals surface area contributed by atoms with E-state index in [2.05, 4.69) is 4.74 Å². The van der Waals surface area contributed by atoms with Crippen LogP contribution < -0.4 is 0 Å². The maximum atomic E-state index is 12.9. The second-order valence-corrected chi connectivity index (χ2v) is 4.03. The van der Waals surface area contributed by atoms with Crippen molar-refractivity contribution in [3.63, 3.8) is 0 Å². The van der Waals surface area contributed by atoms with Gasteiger partial charge < -0.3 is 9.15 Å². The SMILES string of the molecule is COC(=O)c1ccc(C(=O)c2ccccc2C(F)(F)F)o1. The minimum Gasteiger partial charge on any atom is -0.463 e. The Bertz CT molecular complexity index is 686. The molecule has 0 saturated heterocycles. The standard InChI is InChI=1S/C14H9F3O4/c1-20-13(19)11-7-6-10(21-11)12(18)8-4-2-3-5-9(8)14(15,16)17/h2-7H,1H3. The number of carbonyl (C=O) groups is 2. The Morgan fingerprint density at radius 2 is 1.67 bits per heavy atom. The fourth-order valence-corrected chi connectivity index (χ4v) is 1.73. The molecule has 0 aliphatic carbocycles. The summed E-state index contributed by atoms with van der Waals surface area (Å²) in [7, 11) is 1.12. The van der Waals surface area contributed by atoms with Crippen molar-refractivity contribution < 1.29 is 31.9 Å². The van der Waals surface area contributed by atoms with Gasteiger partial charge in [-0.15, -0.1) is 0 Å². The first kappa shape index (κ1) is 14.8. The molecule has 0 N–H and O–H groups in total. The van der Waals surface area contributed by atoms with Gasteiger partial charge in [0.05, 0.1) is 12.7 Å². The fourth-order valence-electron chi connectivity index (χ4n) is 1.73. The molecule has 0 aliphatic heterocycles. The minimum absolute atomic E-state index is 0.259. The summed E-state index contributed by atoms with van der Waals surface area (Å²) in [5.41, 5.74) is -1.61. The van der Waals surface area contributed by atoms with E-state index in [1.165, 1.54) is 12.1 Å². The van der Waals surface area contributed by atoms with Crippen LogP contribution >= 0.6 is 0 Å². The second kappa shape index (κ2) is 5.43. The summed E-state index contributed by atoms with van der Waals surface area (Å²) in [5, 5.41) is 0. The summed E-state index contributed by atoms with van der Waals surface area (Å²) in [6.07, 6.45) is -4.66. The first-order chi connectivity index (χ1) is 9.84. The van der Waals surface area contributed by atoms with Crippen LogP contribution in [-0.2, 0) is 10.9 Å². The molecule has 7 heteroatoms. The van der Waals surface area contributed by atoms with Crippen LogP contribution in [0.5, 0.6) is 0 Å². The molecule has 1 aromatic carbocycles. The van der Waals surface area contributed by atoms with Crippen LogP contribution in [0, 0.1) is 0 Å². The lowest BCUT2D eigenvalue weighted by Crippen LogP contribution is -2.13. The molecule has 0 unspecified atom stereocenters. The van der Waals surface area contributed by atoms with E-state index in [1.807, 2.05) is 0 Å². The first-order valence-electron chi connectivity index (χ1n) is 5.73. The second-order valence-electron chi connectivity index (χ2n) is 4.03. The smallest absolute Gasteiger partial charge is 0.417 e. The summed E-state index contributed by atoms with van der Waals surface area (Å²) >= 11 is 0. The van der Waals surface area contributed by atoms with Crippen molar-refractivity contribution >= 4 is 11.8 Å². The molecule has 0 atom stereocenters. The number of halogens is 3. The monoisotopic (exact) mass is 298 g/mol. The number of carbonyl (C=O) groups excluding carboxylic acids is 2. The Hall–Kier alpha value is -2.57. The van der Waals surface area contributed by atoms with Gasteiger partial charge >= 0.3 is 12.1 Å². The molecule has 21 heavy (non-hydrogen) atoms. The number of rotatable bonds is 3. The van der Waals surface area contributed by atoms with E-state index < -0.39 is 29.1 Å². The van der Waals surface area contributed by atoms with Gasteiger partial charge in [0, 0.05) is 5.56 Å². The molecule has 2 rings (SSSR count). The van der Waals surface area contributed by atoms with E-state index in [0.29, 0.717) is 0 Å². The lowest BCUT2D eigenvalue weighted by atomic mass is 10.0. The first-order valence-corrected chi connectivity index (χ1v) is 5.73. The number of benzene rings is 1. The molecule has 0 fully saturated rings. The van der Waals surface area contributed by atoms with E-state index >= 15 is 0 Å². The maximum Gasteiger partial charge on any atom is 0.417 e. The van der Waals surface area contributed by atoms with Crippen LogP contribution in [-0.4, -0.2) is 18.9 Å². The molecule has 0 bridgehead atoms. The van der Waals surface area contributed by atoms with Gasteiger partial charge in [-0.1, -0.05) is 18.2 Å². The van der Waals surface area contributed by atoms with Gasteiger partial charge in [0.25, 0.3) is 0 Å². The summed E-state index contributed by atoms with van der Waals surface area (Å²) in [5.74, 6) is -2.41. The molecule has 0 radical (unpaired) electrons. The van der Waals surface area contributed by atoms with Gasteiger partial charge in [-0.05, 0) is 18.2 Å². The number of methoxy groups -OCH3 is 1. The van der Waals surface area contributed by atoms with Gasteiger partial charge in [-0.25, -0.2) is 4.79 Å². The lowest BCUT2D eigenvalue weighted by molar-refractivity contribution is -0.137. The molecule has 0 saturated carbocycles. The normalized spacial score (nSPS) is 11.2. The maximum absolute atomic E-state index is 12.9. The van der Waals surface area contributed by atoms with Gasteiger partial charge in [-0.3, -0.25) is 4.79 Å². The van der Waals surface area contributed by atoms with Crippen LogP contribution in [0.3, 0.4) is 0 Å². The van der Waals surface area contributed by atoms with Crippen molar-refractivity contribution in [3.05, 3.63) is 59.0 Å². The Morgan fingerprint density at radius 1 is 1.05 bits per heavy atom. The molecule has 110 valence electrons. The predicted molar refractivity (Wildman–Crippen MR) is 64.9 cm³/mol. The van der Waals surface area contributed by atoms with Crippen molar-refractivity contribution in [1.29, 1.82) is 0 Å². The lowest BCUT2D eigenvalue weighted by Gasteiger charge is -2.10. The fraction of sp³-hybridized carbons (Fsp3) is 0.143. The van der Waals surface area contributed by atoms with E-state index in [0.717, 1.165) is 31.4 Å². The average Bonchev–Trinajstić information content (AvgIpc) is 2.94. The highest BCUT2D eigenvalue weighted by Crippen LogP contribution is 2.33. The molecule has 4 nitrogen and oxygen atoms in total. The molecular weight excluding hydrogens is 289 g/mol. The number of esters is 1. The van der Waals surface area contributed by atoms with Crippen LogP contribution in [0.2, 0.25) is 0 Å². The van der Waals surface area contributed by atoms with Crippen LogP contribution in [0.25, 0.3) is 0 Å². The largest absolute Gasteiger partial charge is 0.463 e. The molecule has 0 aliphatic rings. The third-order valence-electron chi connectivity index (χ3n) is 2.69. The Kier molecular flexibility index (Phi) is 3.84. The zero-order chi connectivity index (χ0) is 15.6. The van der Waals surface area contributed by atoms with Crippen LogP contribution in [0.1, 0.15) is 32.2 Å². The number of furan rings is 1. The van der Waals surface area contributed by atoms with Crippen molar-refractivity contribution in [1.82, 2.24) is 0 Å². The highest BCUT2D eigenvalue weighted by Gasteiger charge is 2.35. The zero-order valence-electron chi connectivity index (χ0n) is 10.7. The Balaban J connectivity index is 2.42. The van der Waals surface area contributed by atoms with Crippen LogP contribution in [0.4, 0.5) is 13.2 Å². The molecule has 0 spiro atoms. The van der Waals surface area contributed by atoms with Gasteiger partial charge in [0.15, 0.2) is 5.76 Å². The predicted octanol–water partition coefficient (Wildman–Crippen LogP) is 3.32. The molecule has 2 aromatic rings. The molecule has 0 amide bonds. The third-order valence-corrected chi connectivity index (χ3v) is 2.69. The van der Waals surface area contributed by atoms with Crippen molar-refractivity contribution in [3.8, 4) is 0 Å². The third kappa shape index (κ3) is 2.96. The van der Waals surface area contributed by atoms with E-state index in [-0.39, 0.29) is 11.5 Å². The number of ketones is 1. The molecule has 1 aromatic heterocycles. The summed E-state index contributed by atoms with van der Waals surface area (Å²) in [4.78, 5) is 23.3. The Morgan fingerprint density at radius 3 is 2.29 bits per heavy atom. The van der Waals surface area contributed by atoms with Crippen molar-refractivity contribution in [2.24, 2.45) is 0 Å². The number of ether oxygens (including phenoxy) is 1. The summed E-state index contributed by atoms with van der Waals surface area (Å²) in [6, 6.07) is 6.63. The van der Waals surface area contributed by atoms with Crippen molar-refractivity contribution in [2.45, 2.75) is 6.18 Å². The quantitative estimate of drug-likeness (QED) is 0.644. The topological polar surface area (TPSA) is 56.5 Å². The highest BCUT2D eigenvalue weighted by molar-refractivity contribution is 6.08. The zero-order valence-corrected chi connectivity index (χ0v) is 10.7. The van der Waals surface area contributed by atoms with Crippen molar-refractivity contribution in [2.75, 3.05) is 7.11 Å².